The molecule has 0 aliphatic heterocycles. The second kappa shape index (κ2) is 13.2. The molecule has 0 aromatic heterocycles. The number of hydrogen-bond donors (Lipinski definition) is 2. The molecule has 6 nitrogen and oxygen atoms in total. The molecular weight excluding hydrogens is 505 g/mol. The van der Waals surface area contributed by atoms with Gasteiger partial charge in [0.25, 0.3) is 0 Å². The number of hydrogen-bond acceptors (Lipinski definition) is 4. The summed E-state index contributed by atoms with van der Waals surface area (Å²) in [6.45, 7) is -1.23. The summed E-state index contributed by atoms with van der Waals surface area (Å²) in [4.78, 5) is 6.32. The van der Waals surface area contributed by atoms with Gasteiger partial charge in [-0.25, -0.2) is 0 Å². The van der Waals surface area contributed by atoms with E-state index in [0.29, 0.717) is 23.8 Å². The van der Waals surface area contributed by atoms with Crippen LogP contribution in [0.1, 0.15) is 16.7 Å². The van der Waals surface area contributed by atoms with E-state index in [0.717, 1.165) is 12.1 Å². The number of benzene rings is 2. The first-order valence-electron chi connectivity index (χ1n) is 9.20. The summed E-state index contributed by atoms with van der Waals surface area (Å²) < 4.78 is 35.1. The molecule has 0 heterocycles. The molecule has 0 fully saturated rings. The van der Waals surface area contributed by atoms with Crippen LogP contribution in [0.25, 0.3) is 0 Å². The quantitative estimate of drug-likeness (QED) is 0.291. The minimum Gasteiger partial charge on any atom is -0.497 e. The third-order valence-electron chi connectivity index (χ3n) is 4.20. The number of nitrogens with zero attached hydrogens (tertiary/aromatic N) is 2. The first-order valence-corrected chi connectivity index (χ1v) is 9.20. The number of halogens is 3. The monoisotopic (exact) mass is 534 g/mol. The van der Waals surface area contributed by atoms with Gasteiger partial charge < -0.3 is 25.0 Å². The maximum atomic E-state index is 12.7. The van der Waals surface area contributed by atoms with E-state index in [1.54, 1.807) is 19.2 Å². The van der Waals surface area contributed by atoms with Crippen molar-refractivity contribution in [1.29, 1.82) is 0 Å². The van der Waals surface area contributed by atoms with Gasteiger partial charge in [0.2, 0.25) is 0 Å². The smallest absolute Gasteiger partial charge is 0.387 e. The highest BCUT2D eigenvalue weighted by Gasteiger charge is 2.12. The van der Waals surface area contributed by atoms with E-state index < -0.39 is 6.61 Å². The molecule has 0 aliphatic rings. The Morgan fingerprint density at radius 1 is 1.03 bits per heavy atom. The lowest BCUT2D eigenvalue weighted by molar-refractivity contribution is -0.0504. The molecule has 2 N–H and O–H groups in total. The lowest BCUT2D eigenvalue weighted by atomic mass is 10.1. The Balaban J connectivity index is 0.00000450. The lowest BCUT2D eigenvalue weighted by Crippen LogP contribution is -2.36. The standard InChI is InChI=1S/C21H28F2N4O2.HI/c1-24-21(25-12-15-7-5-6-8-16(15)14-27(2)3)26-13-17-11-18(28-4)9-10-19(17)29-20(22)23;/h5-11,20H,12-14H2,1-4H3,(H2,24,25,26);1H. The SMILES string of the molecule is CN=C(NCc1ccccc1CN(C)C)NCc1cc(OC)ccc1OC(F)F.I. The Morgan fingerprint density at radius 3 is 2.23 bits per heavy atom. The van der Waals surface area contributed by atoms with Crippen LogP contribution in [0.2, 0.25) is 0 Å². The summed E-state index contributed by atoms with van der Waals surface area (Å²) in [5, 5.41) is 6.39. The van der Waals surface area contributed by atoms with Crippen LogP contribution in [0.5, 0.6) is 11.5 Å². The molecule has 0 saturated carbocycles. The Labute approximate surface area is 193 Å². The second-order valence-electron chi connectivity index (χ2n) is 6.64. The van der Waals surface area contributed by atoms with Crippen molar-refractivity contribution in [1.82, 2.24) is 15.5 Å². The lowest BCUT2D eigenvalue weighted by Gasteiger charge is -2.17. The van der Waals surface area contributed by atoms with Gasteiger partial charge in [-0.3, -0.25) is 4.99 Å². The van der Waals surface area contributed by atoms with Gasteiger partial charge in [-0.2, -0.15) is 8.78 Å². The van der Waals surface area contributed by atoms with Crippen LogP contribution in [0.15, 0.2) is 47.5 Å². The van der Waals surface area contributed by atoms with Crippen molar-refractivity contribution in [3.8, 4) is 11.5 Å². The average molecular weight is 534 g/mol. The molecule has 0 atom stereocenters. The van der Waals surface area contributed by atoms with E-state index in [9.17, 15) is 8.78 Å². The fourth-order valence-corrected chi connectivity index (χ4v) is 2.84. The molecular formula is C21H29F2IN4O2. The first-order chi connectivity index (χ1) is 13.9. The molecule has 0 saturated heterocycles. The predicted molar refractivity (Wildman–Crippen MR) is 126 cm³/mol. The molecule has 0 radical (unpaired) electrons. The third kappa shape index (κ3) is 8.31. The molecule has 9 heteroatoms. The largest absolute Gasteiger partial charge is 0.497 e. The number of methoxy groups -OCH3 is 1. The fourth-order valence-electron chi connectivity index (χ4n) is 2.84. The minimum absolute atomic E-state index is 0. The van der Waals surface area contributed by atoms with Gasteiger partial charge in [-0.15, -0.1) is 24.0 Å². The number of rotatable bonds is 9. The zero-order valence-electron chi connectivity index (χ0n) is 17.6. The van der Waals surface area contributed by atoms with Crippen molar-refractivity contribution in [3.63, 3.8) is 0 Å². The summed E-state index contributed by atoms with van der Waals surface area (Å²) in [6.07, 6.45) is 0. The van der Waals surface area contributed by atoms with Crippen molar-refractivity contribution in [2.24, 2.45) is 4.99 Å². The Hall–Kier alpha value is -2.14. The van der Waals surface area contributed by atoms with E-state index in [1.807, 2.05) is 26.2 Å². The molecule has 0 bridgehead atoms. The van der Waals surface area contributed by atoms with Crippen molar-refractivity contribution in [3.05, 3.63) is 59.2 Å². The van der Waals surface area contributed by atoms with Gasteiger partial charge in [-0.05, 0) is 43.4 Å². The van der Waals surface area contributed by atoms with Crippen molar-refractivity contribution in [2.45, 2.75) is 26.2 Å². The highest BCUT2D eigenvalue weighted by molar-refractivity contribution is 14.0. The van der Waals surface area contributed by atoms with Gasteiger partial charge >= 0.3 is 6.61 Å². The van der Waals surface area contributed by atoms with Gasteiger partial charge in [0.15, 0.2) is 5.96 Å². The number of alkyl halides is 2. The number of ether oxygens (including phenoxy) is 2. The topological polar surface area (TPSA) is 58.1 Å². The van der Waals surface area contributed by atoms with Gasteiger partial charge in [0, 0.05) is 32.2 Å². The molecule has 0 aliphatic carbocycles. The van der Waals surface area contributed by atoms with Crippen molar-refractivity contribution < 1.29 is 18.3 Å². The second-order valence-corrected chi connectivity index (χ2v) is 6.64. The van der Waals surface area contributed by atoms with Crippen LogP contribution in [0.4, 0.5) is 8.78 Å². The Morgan fingerprint density at radius 2 is 1.67 bits per heavy atom. The molecule has 166 valence electrons. The average Bonchev–Trinajstić information content (AvgIpc) is 2.69. The third-order valence-corrected chi connectivity index (χ3v) is 4.20. The molecule has 2 aromatic rings. The van der Waals surface area contributed by atoms with Gasteiger partial charge in [-0.1, -0.05) is 24.3 Å². The van der Waals surface area contributed by atoms with Crippen LogP contribution in [-0.2, 0) is 19.6 Å². The van der Waals surface area contributed by atoms with Crippen molar-refractivity contribution in [2.75, 3.05) is 28.3 Å². The minimum atomic E-state index is -2.90. The Kier molecular flexibility index (Phi) is 11.4. The first kappa shape index (κ1) is 25.9. The van der Waals surface area contributed by atoms with E-state index >= 15 is 0 Å². The van der Waals surface area contributed by atoms with Gasteiger partial charge in [0.1, 0.15) is 11.5 Å². The van der Waals surface area contributed by atoms with E-state index in [1.165, 1.54) is 18.7 Å². The molecule has 0 spiro atoms. The normalized spacial score (nSPS) is 11.3. The fraction of sp³-hybridized carbons (Fsp3) is 0.381. The number of guanidine groups is 1. The van der Waals surface area contributed by atoms with Crippen molar-refractivity contribution >= 4 is 29.9 Å². The van der Waals surface area contributed by atoms with Crippen LogP contribution in [0, 0.1) is 0 Å². The summed E-state index contributed by atoms with van der Waals surface area (Å²) in [7, 11) is 7.23. The highest BCUT2D eigenvalue weighted by atomic mass is 127. The maximum Gasteiger partial charge on any atom is 0.387 e. The summed E-state index contributed by atoms with van der Waals surface area (Å²) in [5.74, 6) is 1.21. The summed E-state index contributed by atoms with van der Waals surface area (Å²) in [5.41, 5.74) is 2.92. The zero-order valence-corrected chi connectivity index (χ0v) is 19.9. The van der Waals surface area contributed by atoms with Crippen LogP contribution in [0.3, 0.4) is 0 Å². The maximum absolute atomic E-state index is 12.7. The number of nitrogens with one attached hydrogen (secondary N) is 2. The summed E-state index contributed by atoms with van der Waals surface area (Å²) >= 11 is 0. The van der Waals surface area contributed by atoms with Gasteiger partial charge in [0.05, 0.1) is 7.11 Å². The van der Waals surface area contributed by atoms with E-state index in [4.69, 9.17) is 4.74 Å². The highest BCUT2D eigenvalue weighted by Crippen LogP contribution is 2.25. The molecule has 0 unspecified atom stereocenters. The number of aliphatic imine (C=N–C) groups is 1. The zero-order chi connectivity index (χ0) is 21.2. The van der Waals surface area contributed by atoms with Crippen LogP contribution in [-0.4, -0.2) is 45.7 Å². The Bertz CT molecular complexity index is 819. The molecule has 2 rings (SSSR count). The predicted octanol–water partition coefficient (Wildman–Crippen LogP) is 3.84. The van der Waals surface area contributed by atoms with E-state index in [2.05, 4.69) is 37.4 Å². The van der Waals surface area contributed by atoms with Crippen LogP contribution >= 0.6 is 24.0 Å². The van der Waals surface area contributed by atoms with Crippen LogP contribution < -0.4 is 20.1 Å². The molecule has 30 heavy (non-hydrogen) atoms. The molecule has 2 aromatic carbocycles. The molecule has 0 amide bonds. The van der Waals surface area contributed by atoms with E-state index in [-0.39, 0.29) is 36.3 Å². The summed E-state index contributed by atoms with van der Waals surface area (Å²) in [6, 6.07) is 12.9.